The lowest BCUT2D eigenvalue weighted by Crippen LogP contribution is -2.69. The van der Waals surface area contributed by atoms with E-state index in [0.717, 1.165) is 12.8 Å². The summed E-state index contributed by atoms with van der Waals surface area (Å²) in [7, 11) is 0. The van der Waals surface area contributed by atoms with Crippen LogP contribution in [0.5, 0.6) is 0 Å². The first kappa shape index (κ1) is 16.1. The highest BCUT2D eigenvalue weighted by molar-refractivity contribution is 5.14. The highest BCUT2D eigenvalue weighted by Gasteiger charge is 2.68. The molecule has 1 saturated carbocycles. The first-order valence-corrected chi connectivity index (χ1v) is 7.80. The van der Waals surface area contributed by atoms with Crippen LogP contribution in [0.25, 0.3) is 0 Å². The molecular formula is C15H27F3N2. The molecule has 0 aromatic carbocycles. The van der Waals surface area contributed by atoms with Gasteiger partial charge in [-0.2, -0.15) is 13.2 Å². The number of hydrogen-bond donors (Lipinski definition) is 1. The van der Waals surface area contributed by atoms with Crippen molar-refractivity contribution < 1.29 is 13.2 Å². The highest BCUT2D eigenvalue weighted by Crippen LogP contribution is 2.55. The van der Waals surface area contributed by atoms with E-state index in [4.69, 9.17) is 0 Å². The fraction of sp³-hybridized carbons (Fsp3) is 1.00. The fourth-order valence-corrected chi connectivity index (χ4v) is 3.57. The van der Waals surface area contributed by atoms with Gasteiger partial charge in [0.1, 0.15) is 5.54 Å². The molecule has 2 aliphatic rings. The van der Waals surface area contributed by atoms with E-state index in [-0.39, 0.29) is 30.3 Å². The Labute approximate surface area is 120 Å². The predicted octanol–water partition coefficient (Wildman–Crippen LogP) is 3.57. The van der Waals surface area contributed by atoms with Crippen LogP contribution >= 0.6 is 0 Å². The number of hydrogen-bond acceptors (Lipinski definition) is 2. The summed E-state index contributed by atoms with van der Waals surface area (Å²) in [6, 6.07) is -0.0228. The van der Waals surface area contributed by atoms with E-state index in [9.17, 15) is 13.2 Å². The number of nitrogens with zero attached hydrogens (tertiary/aromatic N) is 1. The van der Waals surface area contributed by atoms with E-state index < -0.39 is 11.7 Å². The molecule has 1 saturated heterocycles. The van der Waals surface area contributed by atoms with Gasteiger partial charge < -0.3 is 5.32 Å². The average Bonchev–Trinajstić information content (AvgIpc) is 3.18. The van der Waals surface area contributed by atoms with Crippen LogP contribution in [0.2, 0.25) is 0 Å². The minimum Gasteiger partial charge on any atom is -0.308 e. The van der Waals surface area contributed by atoms with Crippen LogP contribution in [0.4, 0.5) is 13.2 Å². The van der Waals surface area contributed by atoms with Crippen molar-refractivity contribution in [2.24, 2.45) is 5.92 Å². The number of halogens is 3. The lowest BCUT2D eigenvalue weighted by Gasteiger charge is -2.52. The molecule has 1 unspecified atom stereocenters. The quantitative estimate of drug-likeness (QED) is 0.852. The lowest BCUT2D eigenvalue weighted by molar-refractivity contribution is -0.212. The fourth-order valence-electron chi connectivity index (χ4n) is 3.57. The molecule has 1 atom stereocenters. The molecule has 20 heavy (non-hydrogen) atoms. The summed E-state index contributed by atoms with van der Waals surface area (Å²) in [5.41, 5.74) is -1.70. The van der Waals surface area contributed by atoms with Gasteiger partial charge in [0.15, 0.2) is 0 Å². The summed E-state index contributed by atoms with van der Waals surface area (Å²) in [5.74, 6) is 0.231. The SMILES string of the molecule is CCC1(CC)CN(C2(C(F)(F)F)CC2)C(C(C)C)CN1. The maximum Gasteiger partial charge on any atom is 0.406 e. The molecule has 0 spiro atoms. The molecule has 1 N–H and O–H groups in total. The van der Waals surface area contributed by atoms with Crippen molar-refractivity contribution in [1.29, 1.82) is 0 Å². The van der Waals surface area contributed by atoms with E-state index >= 15 is 0 Å². The maximum atomic E-state index is 13.5. The first-order valence-electron chi connectivity index (χ1n) is 7.80. The summed E-state index contributed by atoms with van der Waals surface area (Å²) >= 11 is 0. The molecular weight excluding hydrogens is 265 g/mol. The Balaban J connectivity index is 2.29. The Hall–Kier alpha value is -0.290. The van der Waals surface area contributed by atoms with E-state index in [1.54, 1.807) is 4.90 Å². The van der Waals surface area contributed by atoms with Gasteiger partial charge in [0, 0.05) is 24.7 Å². The van der Waals surface area contributed by atoms with Crippen LogP contribution in [0.3, 0.4) is 0 Å². The molecule has 1 aliphatic heterocycles. The van der Waals surface area contributed by atoms with Crippen molar-refractivity contribution in [2.75, 3.05) is 13.1 Å². The van der Waals surface area contributed by atoms with Crippen molar-refractivity contribution in [1.82, 2.24) is 10.2 Å². The van der Waals surface area contributed by atoms with Gasteiger partial charge in [-0.25, -0.2) is 0 Å². The second-order valence-electron chi connectivity index (χ2n) is 6.84. The standard InChI is InChI=1S/C15H27F3N2/c1-5-13(6-2)10-20(12(9-19-13)11(3)4)14(7-8-14)15(16,17)18/h11-12,19H,5-10H2,1-4H3. The third kappa shape index (κ3) is 2.47. The van der Waals surface area contributed by atoms with Crippen LogP contribution in [-0.4, -0.2) is 41.3 Å². The monoisotopic (exact) mass is 292 g/mol. The third-order valence-electron chi connectivity index (χ3n) is 5.48. The van der Waals surface area contributed by atoms with Gasteiger partial charge in [-0.1, -0.05) is 27.7 Å². The van der Waals surface area contributed by atoms with Crippen LogP contribution in [-0.2, 0) is 0 Å². The number of rotatable bonds is 4. The van der Waals surface area contributed by atoms with Crippen molar-refractivity contribution in [3.63, 3.8) is 0 Å². The third-order valence-corrected chi connectivity index (χ3v) is 5.48. The van der Waals surface area contributed by atoms with E-state index in [1.807, 2.05) is 13.8 Å². The van der Waals surface area contributed by atoms with Crippen molar-refractivity contribution in [2.45, 2.75) is 76.7 Å². The molecule has 1 aliphatic carbocycles. The predicted molar refractivity (Wildman–Crippen MR) is 74.7 cm³/mol. The molecule has 5 heteroatoms. The molecule has 2 fully saturated rings. The molecule has 118 valence electrons. The van der Waals surface area contributed by atoms with E-state index in [0.29, 0.717) is 13.1 Å². The van der Waals surface area contributed by atoms with Gasteiger partial charge in [-0.05, 0) is 31.6 Å². The topological polar surface area (TPSA) is 15.3 Å². The molecule has 2 rings (SSSR count). The first-order chi connectivity index (χ1) is 9.21. The Kier molecular flexibility index (Phi) is 4.15. The van der Waals surface area contributed by atoms with Crippen molar-refractivity contribution >= 4 is 0 Å². The van der Waals surface area contributed by atoms with Crippen LogP contribution in [0.1, 0.15) is 53.4 Å². The van der Waals surface area contributed by atoms with Crippen LogP contribution < -0.4 is 5.32 Å². The van der Waals surface area contributed by atoms with E-state index in [2.05, 4.69) is 19.2 Å². The second-order valence-corrected chi connectivity index (χ2v) is 6.84. The molecule has 0 amide bonds. The molecule has 0 bridgehead atoms. The van der Waals surface area contributed by atoms with Crippen LogP contribution in [0, 0.1) is 5.92 Å². The van der Waals surface area contributed by atoms with Crippen molar-refractivity contribution in [3.8, 4) is 0 Å². The molecule has 2 nitrogen and oxygen atoms in total. The Morgan fingerprint density at radius 2 is 1.75 bits per heavy atom. The van der Waals surface area contributed by atoms with Gasteiger partial charge in [0.2, 0.25) is 0 Å². The minimum atomic E-state index is -4.11. The summed E-state index contributed by atoms with van der Waals surface area (Å²) < 4.78 is 40.5. The molecule has 0 radical (unpaired) electrons. The van der Waals surface area contributed by atoms with E-state index in [1.165, 1.54) is 0 Å². The lowest BCUT2D eigenvalue weighted by atomic mass is 9.84. The second kappa shape index (κ2) is 5.16. The number of nitrogens with one attached hydrogen (secondary N) is 1. The van der Waals surface area contributed by atoms with Gasteiger partial charge in [0.25, 0.3) is 0 Å². The van der Waals surface area contributed by atoms with Gasteiger partial charge in [-0.3, -0.25) is 4.90 Å². The number of piperazine rings is 1. The maximum absolute atomic E-state index is 13.5. The Morgan fingerprint density at radius 3 is 2.10 bits per heavy atom. The smallest absolute Gasteiger partial charge is 0.308 e. The normalized spacial score (nSPS) is 29.7. The number of alkyl halides is 3. The zero-order chi connectivity index (χ0) is 15.2. The van der Waals surface area contributed by atoms with Gasteiger partial charge in [-0.15, -0.1) is 0 Å². The largest absolute Gasteiger partial charge is 0.406 e. The minimum absolute atomic E-state index is 0.0228. The summed E-state index contributed by atoms with van der Waals surface area (Å²) in [6.07, 6.45) is -1.82. The molecule has 0 aromatic rings. The summed E-state index contributed by atoms with van der Waals surface area (Å²) in [4.78, 5) is 1.79. The Bertz CT molecular complexity index is 344. The zero-order valence-electron chi connectivity index (χ0n) is 13.0. The Morgan fingerprint density at radius 1 is 1.20 bits per heavy atom. The van der Waals surface area contributed by atoms with Gasteiger partial charge in [0.05, 0.1) is 0 Å². The zero-order valence-corrected chi connectivity index (χ0v) is 13.0. The van der Waals surface area contributed by atoms with Crippen molar-refractivity contribution in [3.05, 3.63) is 0 Å². The average molecular weight is 292 g/mol. The van der Waals surface area contributed by atoms with Gasteiger partial charge >= 0.3 is 6.18 Å². The molecule has 1 heterocycles. The summed E-state index contributed by atoms with van der Waals surface area (Å²) in [5, 5.41) is 3.54. The van der Waals surface area contributed by atoms with Crippen LogP contribution in [0.15, 0.2) is 0 Å². The highest BCUT2D eigenvalue weighted by atomic mass is 19.4. The molecule has 0 aromatic heterocycles. The summed E-state index contributed by atoms with van der Waals surface area (Å²) in [6.45, 7) is 9.36.